The zero-order valence-electron chi connectivity index (χ0n) is 16.8. The van der Waals surface area contributed by atoms with Gasteiger partial charge in [0.1, 0.15) is 11.7 Å². The highest BCUT2D eigenvalue weighted by atomic mass is 28.3. The number of carbonyl (C=O) groups excluding carboxylic acids is 2. The number of benzene rings is 1. The summed E-state index contributed by atoms with van der Waals surface area (Å²) in [6.07, 6.45) is -0.842. The Balaban J connectivity index is 2.23. The maximum atomic E-state index is 12.3. The van der Waals surface area contributed by atoms with E-state index < -0.39 is 19.8 Å². The van der Waals surface area contributed by atoms with Crippen molar-refractivity contribution in [3.63, 3.8) is 0 Å². The van der Waals surface area contributed by atoms with Crippen LogP contribution in [0, 0.1) is 5.92 Å². The third-order valence-corrected chi connectivity index (χ3v) is 9.42. The molecule has 26 heavy (non-hydrogen) atoms. The summed E-state index contributed by atoms with van der Waals surface area (Å²) in [5.74, 6) is -0.376. The van der Waals surface area contributed by atoms with Gasteiger partial charge in [-0.3, -0.25) is 4.79 Å². The molecule has 144 valence electrons. The van der Waals surface area contributed by atoms with Crippen molar-refractivity contribution in [3.05, 3.63) is 30.3 Å². The van der Waals surface area contributed by atoms with Crippen molar-refractivity contribution < 1.29 is 19.1 Å². The second kappa shape index (κ2) is 7.43. The van der Waals surface area contributed by atoms with Crippen molar-refractivity contribution in [1.82, 2.24) is 5.32 Å². The second-order valence-corrected chi connectivity index (χ2v) is 13.4. The molecule has 1 fully saturated rings. The minimum Gasteiger partial charge on any atom is -0.460 e. The third kappa shape index (κ3) is 4.47. The summed E-state index contributed by atoms with van der Waals surface area (Å²) in [4.78, 5) is 24.5. The van der Waals surface area contributed by atoms with E-state index in [1.807, 2.05) is 52.8 Å². The Hall–Kier alpha value is -1.82. The Kier molecular flexibility index (Phi) is 5.85. The Morgan fingerprint density at radius 2 is 1.81 bits per heavy atom. The number of esters is 1. The molecule has 0 unspecified atom stereocenters. The van der Waals surface area contributed by atoms with Gasteiger partial charge in [-0.2, -0.15) is 0 Å². The Bertz CT molecular complexity index is 654. The van der Waals surface area contributed by atoms with Crippen molar-refractivity contribution in [2.45, 2.75) is 71.0 Å². The zero-order chi connectivity index (χ0) is 19.7. The standard InChI is InChI=1S/C20H31NO4Si/c1-13-17(26(6,7)15-11-9-8-10-12-15)16(24-18(13)22)14(2)21-19(23)25-20(3,4)5/h8-14,16-17H,1-7H3,(H,21,23)/t13-,14+,16-,17+/m1/s1. The van der Waals surface area contributed by atoms with Crippen molar-refractivity contribution in [1.29, 1.82) is 0 Å². The summed E-state index contributed by atoms with van der Waals surface area (Å²) in [7, 11) is -2.01. The van der Waals surface area contributed by atoms with Gasteiger partial charge in [0.15, 0.2) is 0 Å². The maximum absolute atomic E-state index is 12.3. The number of amides is 1. The van der Waals surface area contributed by atoms with Crippen LogP contribution in [-0.4, -0.2) is 37.9 Å². The summed E-state index contributed by atoms with van der Waals surface area (Å²) in [6, 6.07) is 10.0. The van der Waals surface area contributed by atoms with E-state index in [9.17, 15) is 9.59 Å². The lowest BCUT2D eigenvalue weighted by atomic mass is 10.0. The Morgan fingerprint density at radius 3 is 2.35 bits per heavy atom. The lowest BCUT2D eigenvalue weighted by molar-refractivity contribution is -0.144. The predicted octanol–water partition coefficient (Wildman–Crippen LogP) is 3.45. The van der Waals surface area contributed by atoms with Gasteiger partial charge in [0.05, 0.1) is 20.0 Å². The quantitative estimate of drug-likeness (QED) is 0.645. The largest absolute Gasteiger partial charge is 0.460 e. The molecular formula is C20H31NO4Si. The highest BCUT2D eigenvalue weighted by molar-refractivity contribution is 6.91. The summed E-state index contributed by atoms with van der Waals surface area (Å²) in [5.41, 5.74) is -0.497. The Labute approximate surface area is 157 Å². The lowest BCUT2D eigenvalue weighted by Gasteiger charge is -2.36. The first-order valence-electron chi connectivity index (χ1n) is 9.19. The average molecular weight is 378 g/mol. The molecule has 1 aromatic carbocycles. The summed E-state index contributed by atoms with van der Waals surface area (Å²) < 4.78 is 11.1. The van der Waals surface area contributed by atoms with E-state index in [1.165, 1.54) is 5.19 Å². The van der Waals surface area contributed by atoms with Gasteiger partial charge >= 0.3 is 12.1 Å². The van der Waals surface area contributed by atoms with Crippen molar-refractivity contribution >= 4 is 25.3 Å². The summed E-state index contributed by atoms with van der Waals surface area (Å²) in [5, 5.41) is 4.14. The topological polar surface area (TPSA) is 64.6 Å². The fourth-order valence-electron chi connectivity index (χ4n) is 3.83. The second-order valence-electron chi connectivity index (χ2n) is 8.74. The van der Waals surface area contributed by atoms with E-state index in [0.29, 0.717) is 0 Å². The van der Waals surface area contributed by atoms with E-state index >= 15 is 0 Å². The van der Waals surface area contributed by atoms with Gasteiger partial charge in [-0.05, 0) is 27.7 Å². The molecule has 1 N–H and O–H groups in total. The number of nitrogens with one attached hydrogen (secondary N) is 1. The first-order valence-corrected chi connectivity index (χ1v) is 12.3. The van der Waals surface area contributed by atoms with Crippen LogP contribution in [-0.2, 0) is 14.3 Å². The average Bonchev–Trinajstić information content (AvgIpc) is 2.82. The molecule has 0 bridgehead atoms. The van der Waals surface area contributed by atoms with Gasteiger partial charge in [-0.25, -0.2) is 4.79 Å². The molecule has 0 aromatic heterocycles. The molecule has 1 heterocycles. The smallest absolute Gasteiger partial charge is 0.407 e. The van der Waals surface area contributed by atoms with Gasteiger partial charge in [0.25, 0.3) is 0 Å². The summed E-state index contributed by atoms with van der Waals surface area (Å²) in [6.45, 7) is 13.8. The van der Waals surface area contributed by atoms with Crippen molar-refractivity contribution in [2.24, 2.45) is 5.92 Å². The van der Waals surface area contributed by atoms with E-state index in [0.717, 1.165) is 0 Å². The van der Waals surface area contributed by atoms with Crippen LogP contribution in [0.3, 0.4) is 0 Å². The number of carbonyl (C=O) groups is 2. The van der Waals surface area contributed by atoms with Crippen LogP contribution in [0.25, 0.3) is 0 Å². The van der Waals surface area contributed by atoms with Gasteiger partial charge in [0, 0.05) is 5.54 Å². The van der Waals surface area contributed by atoms with E-state index in [4.69, 9.17) is 9.47 Å². The van der Waals surface area contributed by atoms with Crippen LogP contribution >= 0.6 is 0 Å². The molecule has 6 heteroatoms. The van der Waals surface area contributed by atoms with Crippen molar-refractivity contribution in [3.8, 4) is 0 Å². The van der Waals surface area contributed by atoms with Gasteiger partial charge < -0.3 is 14.8 Å². The van der Waals surface area contributed by atoms with Crippen LogP contribution in [0.2, 0.25) is 18.6 Å². The highest BCUT2D eigenvalue weighted by Crippen LogP contribution is 2.42. The zero-order valence-corrected chi connectivity index (χ0v) is 17.8. The van der Waals surface area contributed by atoms with Crippen LogP contribution in [0.15, 0.2) is 30.3 Å². The fraction of sp³-hybridized carbons (Fsp3) is 0.600. The van der Waals surface area contributed by atoms with Gasteiger partial charge in [-0.1, -0.05) is 55.5 Å². The molecule has 0 spiro atoms. The molecule has 5 nitrogen and oxygen atoms in total. The molecule has 2 rings (SSSR count). The highest BCUT2D eigenvalue weighted by Gasteiger charge is 2.53. The molecular weight excluding hydrogens is 346 g/mol. The van der Waals surface area contributed by atoms with Crippen LogP contribution in [0.4, 0.5) is 4.79 Å². The molecule has 4 atom stereocenters. The molecule has 0 saturated carbocycles. The first kappa shape index (κ1) is 20.5. The maximum Gasteiger partial charge on any atom is 0.407 e. The van der Waals surface area contributed by atoms with Crippen LogP contribution in [0.1, 0.15) is 34.6 Å². The van der Waals surface area contributed by atoms with Crippen LogP contribution < -0.4 is 10.5 Å². The Morgan fingerprint density at radius 1 is 1.23 bits per heavy atom. The van der Waals surface area contributed by atoms with Gasteiger partial charge in [-0.15, -0.1) is 0 Å². The predicted molar refractivity (Wildman–Crippen MR) is 105 cm³/mol. The van der Waals surface area contributed by atoms with Crippen LogP contribution in [0.5, 0.6) is 0 Å². The van der Waals surface area contributed by atoms with E-state index in [-0.39, 0.29) is 29.6 Å². The summed E-state index contributed by atoms with van der Waals surface area (Å²) >= 11 is 0. The minimum atomic E-state index is -2.01. The molecule has 0 radical (unpaired) electrons. The fourth-order valence-corrected chi connectivity index (χ4v) is 7.83. The van der Waals surface area contributed by atoms with Crippen molar-refractivity contribution in [2.75, 3.05) is 0 Å². The number of ether oxygens (including phenoxy) is 2. The number of alkyl carbamates (subject to hydrolysis) is 1. The number of cyclic esters (lactones) is 1. The molecule has 1 saturated heterocycles. The normalized spacial score (nSPS) is 24.7. The molecule has 1 aliphatic heterocycles. The minimum absolute atomic E-state index is 0.0716. The SMILES string of the molecule is C[C@H](NC(=O)OC(C)(C)C)[C@H]1OC(=O)[C@H](C)[C@@H]1[Si](C)(C)c1ccccc1. The molecule has 1 aliphatic rings. The molecule has 0 aliphatic carbocycles. The monoisotopic (exact) mass is 377 g/mol. The molecule has 1 amide bonds. The number of hydrogen-bond acceptors (Lipinski definition) is 4. The lowest BCUT2D eigenvalue weighted by Crippen LogP contribution is -2.54. The molecule has 1 aromatic rings. The van der Waals surface area contributed by atoms with Gasteiger partial charge in [0.2, 0.25) is 0 Å². The van der Waals surface area contributed by atoms with E-state index in [1.54, 1.807) is 0 Å². The third-order valence-electron chi connectivity index (χ3n) is 5.10. The van der Waals surface area contributed by atoms with E-state index in [2.05, 4.69) is 30.5 Å². The first-order chi connectivity index (χ1) is 11.9. The number of rotatable bonds is 4. The number of hydrogen-bond donors (Lipinski definition) is 1.